The van der Waals surface area contributed by atoms with Crippen LogP contribution >= 0.6 is 34.5 Å². The first-order chi connectivity index (χ1) is 7.74. The van der Waals surface area contributed by atoms with Crippen LogP contribution in [-0.2, 0) is 0 Å². The Labute approximate surface area is 106 Å². The van der Waals surface area contributed by atoms with E-state index in [4.69, 9.17) is 23.2 Å². The normalized spacial score (nSPS) is 11.1. The van der Waals surface area contributed by atoms with Gasteiger partial charge in [0.1, 0.15) is 10.8 Å². The molecular weight excluding hydrogens is 263 g/mol. The van der Waals surface area contributed by atoms with Crippen LogP contribution in [-0.4, -0.2) is 9.38 Å². The molecule has 3 aromatic heterocycles. The van der Waals surface area contributed by atoms with E-state index >= 15 is 0 Å². The van der Waals surface area contributed by atoms with E-state index in [9.17, 15) is 0 Å². The van der Waals surface area contributed by atoms with Gasteiger partial charge in [0.2, 0.25) is 0 Å². The van der Waals surface area contributed by atoms with Crippen LogP contribution in [0.1, 0.15) is 0 Å². The van der Waals surface area contributed by atoms with Crippen LogP contribution in [0.3, 0.4) is 0 Å². The van der Waals surface area contributed by atoms with E-state index in [1.165, 1.54) is 11.3 Å². The van der Waals surface area contributed by atoms with Crippen molar-refractivity contribution in [3.8, 4) is 10.6 Å². The maximum absolute atomic E-state index is 6.06. The summed E-state index contributed by atoms with van der Waals surface area (Å²) in [5, 5.41) is 0.652. The number of halogens is 2. The highest BCUT2D eigenvalue weighted by Gasteiger charge is 2.07. The van der Waals surface area contributed by atoms with Crippen molar-refractivity contribution in [2.45, 2.75) is 0 Å². The lowest BCUT2D eigenvalue weighted by Crippen LogP contribution is -1.82. The van der Waals surface area contributed by atoms with Crippen molar-refractivity contribution in [3.63, 3.8) is 0 Å². The number of hydrogen-bond acceptors (Lipinski definition) is 2. The van der Waals surface area contributed by atoms with Gasteiger partial charge in [-0.3, -0.25) is 4.40 Å². The maximum atomic E-state index is 6.06. The molecule has 0 saturated carbocycles. The Kier molecular flexibility index (Phi) is 2.39. The van der Waals surface area contributed by atoms with Gasteiger partial charge in [0.05, 0.1) is 14.9 Å². The quantitative estimate of drug-likeness (QED) is 0.599. The van der Waals surface area contributed by atoms with Crippen LogP contribution < -0.4 is 0 Å². The first kappa shape index (κ1) is 10.1. The zero-order valence-electron chi connectivity index (χ0n) is 8.02. The second kappa shape index (κ2) is 3.77. The number of imidazole rings is 1. The fraction of sp³-hybridized carbons (Fsp3) is 0. The van der Waals surface area contributed by atoms with Gasteiger partial charge in [-0.15, -0.1) is 11.3 Å². The number of nitrogens with zero attached hydrogens (tertiary/aromatic N) is 2. The molecule has 0 aliphatic heterocycles. The van der Waals surface area contributed by atoms with Crippen molar-refractivity contribution in [2.75, 3.05) is 0 Å². The fourth-order valence-corrected chi connectivity index (χ4v) is 2.75. The summed E-state index contributed by atoms with van der Waals surface area (Å²) < 4.78 is 2.61. The van der Waals surface area contributed by atoms with Crippen LogP contribution in [0.15, 0.2) is 36.5 Å². The van der Waals surface area contributed by atoms with Crippen molar-refractivity contribution in [3.05, 3.63) is 46.0 Å². The van der Waals surface area contributed by atoms with Crippen molar-refractivity contribution >= 4 is 40.2 Å². The van der Waals surface area contributed by atoms with E-state index in [-0.39, 0.29) is 0 Å². The van der Waals surface area contributed by atoms with Gasteiger partial charge in [-0.05, 0) is 24.3 Å². The van der Waals surface area contributed by atoms with Crippen LogP contribution in [0.25, 0.3) is 16.2 Å². The molecule has 3 aromatic rings. The van der Waals surface area contributed by atoms with E-state index in [0.717, 1.165) is 20.6 Å². The molecule has 80 valence electrons. The molecule has 16 heavy (non-hydrogen) atoms. The summed E-state index contributed by atoms with van der Waals surface area (Å²) in [6, 6.07) is 9.47. The lowest BCUT2D eigenvalue weighted by atomic mass is 10.4. The molecule has 0 bridgehead atoms. The molecule has 0 radical (unpaired) electrons. The molecule has 3 heterocycles. The first-order valence-electron chi connectivity index (χ1n) is 4.63. The third kappa shape index (κ3) is 1.61. The summed E-state index contributed by atoms with van der Waals surface area (Å²) in [5.74, 6) is 0. The van der Waals surface area contributed by atoms with Crippen LogP contribution in [0.4, 0.5) is 0 Å². The van der Waals surface area contributed by atoms with E-state index < -0.39 is 0 Å². The van der Waals surface area contributed by atoms with Crippen molar-refractivity contribution < 1.29 is 0 Å². The summed E-state index contributed by atoms with van der Waals surface area (Å²) in [5.41, 5.74) is 1.73. The molecule has 0 saturated heterocycles. The van der Waals surface area contributed by atoms with Crippen LogP contribution in [0, 0.1) is 0 Å². The monoisotopic (exact) mass is 268 g/mol. The highest BCUT2D eigenvalue weighted by Crippen LogP contribution is 2.30. The predicted molar refractivity (Wildman–Crippen MR) is 68.5 cm³/mol. The second-order valence-corrected chi connectivity index (χ2v) is 5.41. The average Bonchev–Trinajstić information content (AvgIpc) is 2.84. The third-order valence-corrected chi connectivity index (χ3v) is 3.83. The Bertz CT molecular complexity index is 657. The third-order valence-electron chi connectivity index (χ3n) is 2.27. The number of aromatic nitrogens is 2. The molecule has 3 rings (SSSR count). The molecule has 0 aliphatic rings. The van der Waals surface area contributed by atoms with E-state index in [0.29, 0.717) is 5.15 Å². The minimum absolute atomic E-state index is 0.652. The largest absolute Gasteiger partial charge is 0.290 e. The van der Waals surface area contributed by atoms with E-state index in [1.54, 1.807) is 0 Å². The molecule has 2 nitrogen and oxygen atoms in total. The van der Waals surface area contributed by atoms with Gasteiger partial charge in [0.15, 0.2) is 0 Å². The summed E-state index contributed by atoms with van der Waals surface area (Å²) in [4.78, 5) is 5.53. The van der Waals surface area contributed by atoms with Gasteiger partial charge in [-0.1, -0.05) is 29.3 Å². The molecule has 5 heteroatoms. The van der Waals surface area contributed by atoms with Gasteiger partial charge in [0, 0.05) is 6.20 Å². The minimum atomic E-state index is 0.652. The van der Waals surface area contributed by atoms with Gasteiger partial charge in [0.25, 0.3) is 0 Å². The molecule has 0 N–H and O–H groups in total. The Hall–Kier alpha value is -1.03. The summed E-state index contributed by atoms with van der Waals surface area (Å²) in [6.45, 7) is 0. The van der Waals surface area contributed by atoms with E-state index in [1.807, 2.05) is 40.9 Å². The zero-order chi connectivity index (χ0) is 11.1. The van der Waals surface area contributed by atoms with Gasteiger partial charge in [-0.2, -0.15) is 0 Å². The number of fused-ring (bicyclic) bond motifs is 1. The number of thiophene rings is 1. The Morgan fingerprint density at radius 1 is 1.12 bits per heavy atom. The molecule has 0 fully saturated rings. The Morgan fingerprint density at radius 3 is 2.69 bits per heavy atom. The SMILES string of the molecule is Clc1ccc(-c2cn3c(Cl)cccc3n2)s1. The smallest absolute Gasteiger partial charge is 0.138 e. The minimum Gasteiger partial charge on any atom is -0.290 e. The fourth-order valence-electron chi connectivity index (χ4n) is 1.55. The summed E-state index contributed by atoms with van der Waals surface area (Å²) >= 11 is 13.5. The van der Waals surface area contributed by atoms with E-state index in [2.05, 4.69) is 4.98 Å². The van der Waals surface area contributed by atoms with Crippen LogP contribution in [0.5, 0.6) is 0 Å². The molecular formula is C11H6Cl2N2S. The maximum Gasteiger partial charge on any atom is 0.138 e. The summed E-state index contributed by atoms with van der Waals surface area (Å²) in [6.07, 6.45) is 1.92. The lowest BCUT2D eigenvalue weighted by molar-refractivity contribution is 1.19. The van der Waals surface area contributed by atoms with Crippen molar-refractivity contribution in [2.24, 2.45) is 0 Å². The van der Waals surface area contributed by atoms with Gasteiger partial charge < -0.3 is 0 Å². The number of pyridine rings is 1. The second-order valence-electron chi connectivity index (χ2n) is 3.31. The number of hydrogen-bond donors (Lipinski definition) is 0. The number of rotatable bonds is 1. The van der Waals surface area contributed by atoms with Crippen molar-refractivity contribution in [1.82, 2.24) is 9.38 Å². The molecule has 0 atom stereocenters. The molecule has 0 unspecified atom stereocenters. The predicted octanol–water partition coefficient (Wildman–Crippen LogP) is 4.37. The highest BCUT2D eigenvalue weighted by atomic mass is 35.5. The topological polar surface area (TPSA) is 17.3 Å². The van der Waals surface area contributed by atoms with Gasteiger partial charge in [-0.25, -0.2) is 4.98 Å². The van der Waals surface area contributed by atoms with Crippen molar-refractivity contribution in [1.29, 1.82) is 0 Å². The molecule has 0 spiro atoms. The highest BCUT2D eigenvalue weighted by molar-refractivity contribution is 7.19. The summed E-state index contributed by atoms with van der Waals surface area (Å²) in [7, 11) is 0. The van der Waals surface area contributed by atoms with Crippen LogP contribution in [0.2, 0.25) is 9.49 Å². The standard InChI is InChI=1S/C11H6Cl2N2S/c12-9-2-1-3-11-14-7(6-15(9)11)8-4-5-10(13)16-8/h1-6H. The molecule has 0 amide bonds. The Morgan fingerprint density at radius 2 is 2.00 bits per heavy atom. The lowest BCUT2D eigenvalue weighted by Gasteiger charge is -1.93. The average molecular weight is 269 g/mol. The van der Waals surface area contributed by atoms with Gasteiger partial charge >= 0.3 is 0 Å². The molecule has 0 aromatic carbocycles. The first-order valence-corrected chi connectivity index (χ1v) is 6.20. The zero-order valence-corrected chi connectivity index (χ0v) is 10.4. The molecule has 0 aliphatic carbocycles. The Balaban J connectivity index is 2.22.